The fourth-order valence-corrected chi connectivity index (χ4v) is 8.41. The van der Waals surface area contributed by atoms with Crippen LogP contribution in [0.2, 0.25) is 0 Å². The fourth-order valence-electron chi connectivity index (χ4n) is 8.41. The average Bonchev–Trinajstić information content (AvgIpc) is 3.00. The molecule has 0 aliphatic heterocycles. The molecule has 0 bridgehead atoms. The Bertz CT molecular complexity index is 663. The van der Waals surface area contributed by atoms with Crippen LogP contribution in [0.1, 0.15) is 98.8 Å². The van der Waals surface area contributed by atoms with E-state index in [9.17, 15) is 9.90 Å². The Balaban J connectivity index is 1.54. The lowest BCUT2D eigenvalue weighted by Crippen LogP contribution is -2.53. The molecule has 29 heavy (non-hydrogen) atoms. The van der Waals surface area contributed by atoms with Crippen LogP contribution in [-0.2, 0) is 4.79 Å². The van der Waals surface area contributed by atoms with Crippen molar-refractivity contribution in [3.63, 3.8) is 0 Å². The van der Waals surface area contributed by atoms with E-state index < -0.39 is 0 Å². The summed E-state index contributed by atoms with van der Waals surface area (Å²) in [5.41, 5.74) is 1.77. The van der Waals surface area contributed by atoms with E-state index in [0.29, 0.717) is 23.0 Å². The SMILES string of the molecule is CC(C)CCC[C@H](C)[C@H]1CC[C@H]2[C@H]3C(=O)C=C4C[C@@H](O)CC[C@]4(C)[C@@H]3CC[C@]12C. The Hall–Kier alpha value is -0.630. The van der Waals surface area contributed by atoms with E-state index in [0.717, 1.165) is 37.0 Å². The number of rotatable bonds is 5. The first-order chi connectivity index (χ1) is 13.7. The van der Waals surface area contributed by atoms with Gasteiger partial charge in [-0.3, -0.25) is 4.79 Å². The quantitative estimate of drug-likeness (QED) is 0.567. The molecule has 0 unspecified atom stereocenters. The van der Waals surface area contributed by atoms with E-state index in [-0.39, 0.29) is 17.4 Å². The molecule has 0 saturated heterocycles. The van der Waals surface area contributed by atoms with Crippen LogP contribution in [0.3, 0.4) is 0 Å². The first kappa shape index (κ1) is 21.6. The third-order valence-electron chi connectivity index (χ3n) is 10.1. The van der Waals surface area contributed by atoms with Crippen LogP contribution in [0.5, 0.6) is 0 Å². The molecule has 3 saturated carbocycles. The van der Waals surface area contributed by atoms with Gasteiger partial charge < -0.3 is 5.11 Å². The van der Waals surface area contributed by atoms with Gasteiger partial charge in [0.1, 0.15) is 0 Å². The number of hydrogen-bond donors (Lipinski definition) is 1. The lowest BCUT2D eigenvalue weighted by molar-refractivity contribution is -0.135. The zero-order chi connectivity index (χ0) is 21.0. The van der Waals surface area contributed by atoms with Crippen LogP contribution in [0, 0.1) is 46.3 Å². The highest BCUT2D eigenvalue weighted by atomic mass is 16.3. The van der Waals surface area contributed by atoms with Gasteiger partial charge in [0.05, 0.1) is 6.10 Å². The molecule has 4 rings (SSSR count). The molecule has 8 atom stereocenters. The summed E-state index contributed by atoms with van der Waals surface area (Å²) in [5, 5.41) is 10.2. The molecule has 0 aromatic heterocycles. The summed E-state index contributed by atoms with van der Waals surface area (Å²) in [6.07, 6.45) is 13.6. The smallest absolute Gasteiger partial charge is 0.159 e. The van der Waals surface area contributed by atoms with Gasteiger partial charge in [0, 0.05) is 5.92 Å². The van der Waals surface area contributed by atoms with Gasteiger partial charge >= 0.3 is 0 Å². The minimum atomic E-state index is -0.241. The predicted molar refractivity (Wildman–Crippen MR) is 119 cm³/mol. The number of fused-ring (bicyclic) bond motifs is 5. The minimum absolute atomic E-state index is 0.153. The van der Waals surface area contributed by atoms with E-state index in [1.165, 1.54) is 50.5 Å². The van der Waals surface area contributed by atoms with Gasteiger partial charge in [-0.25, -0.2) is 0 Å². The third-order valence-corrected chi connectivity index (χ3v) is 10.1. The summed E-state index contributed by atoms with van der Waals surface area (Å²) >= 11 is 0. The molecule has 2 heteroatoms. The first-order valence-electron chi connectivity index (χ1n) is 12.6. The average molecular weight is 401 g/mol. The van der Waals surface area contributed by atoms with Crippen molar-refractivity contribution in [3.05, 3.63) is 11.6 Å². The highest BCUT2D eigenvalue weighted by molar-refractivity contribution is 5.94. The zero-order valence-electron chi connectivity index (χ0n) is 19.5. The number of allylic oxidation sites excluding steroid dienone is 1. The molecule has 164 valence electrons. The molecule has 2 nitrogen and oxygen atoms in total. The van der Waals surface area contributed by atoms with E-state index in [2.05, 4.69) is 34.6 Å². The second-order valence-corrected chi connectivity index (χ2v) is 12.2. The number of carbonyl (C=O) groups excluding carboxylic acids is 1. The van der Waals surface area contributed by atoms with Crippen molar-refractivity contribution in [2.45, 2.75) is 105 Å². The van der Waals surface area contributed by atoms with E-state index in [4.69, 9.17) is 0 Å². The zero-order valence-corrected chi connectivity index (χ0v) is 19.5. The van der Waals surface area contributed by atoms with Gasteiger partial charge in [-0.15, -0.1) is 0 Å². The molecule has 0 aromatic rings. The van der Waals surface area contributed by atoms with Crippen molar-refractivity contribution in [1.82, 2.24) is 0 Å². The van der Waals surface area contributed by atoms with Crippen molar-refractivity contribution in [3.8, 4) is 0 Å². The second-order valence-electron chi connectivity index (χ2n) is 12.2. The van der Waals surface area contributed by atoms with Crippen molar-refractivity contribution >= 4 is 5.78 Å². The van der Waals surface area contributed by atoms with Crippen LogP contribution in [-0.4, -0.2) is 17.0 Å². The third kappa shape index (κ3) is 3.56. The van der Waals surface area contributed by atoms with Gasteiger partial charge in [0.2, 0.25) is 0 Å². The molecule has 0 aromatic carbocycles. The van der Waals surface area contributed by atoms with Crippen molar-refractivity contribution in [1.29, 1.82) is 0 Å². The normalized spacial score (nSPS) is 45.4. The van der Waals surface area contributed by atoms with Crippen molar-refractivity contribution in [2.75, 3.05) is 0 Å². The summed E-state index contributed by atoms with van der Waals surface area (Å²) in [6, 6.07) is 0. The largest absolute Gasteiger partial charge is 0.393 e. The highest BCUT2D eigenvalue weighted by Crippen LogP contribution is 2.66. The molecule has 0 heterocycles. The lowest BCUT2D eigenvalue weighted by atomic mass is 9.46. The van der Waals surface area contributed by atoms with Gasteiger partial charge in [-0.1, -0.05) is 59.5 Å². The number of carbonyl (C=O) groups is 1. The Morgan fingerprint density at radius 2 is 1.79 bits per heavy atom. The molecule has 4 aliphatic carbocycles. The molecule has 0 radical (unpaired) electrons. The number of hydrogen-bond acceptors (Lipinski definition) is 2. The Morgan fingerprint density at radius 3 is 2.52 bits per heavy atom. The van der Waals surface area contributed by atoms with Crippen molar-refractivity contribution < 1.29 is 9.90 Å². The van der Waals surface area contributed by atoms with Crippen molar-refractivity contribution in [2.24, 2.45) is 46.3 Å². The fraction of sp³-hybridized carbons (Fsp3) is 0.889. The molecular weight excluding hydrogens is 356 g/mol. The summed E-state index contributed by atoms with van der Waals surface area (Å²) in [6.45, 7) is 12.1. The van der Waals surface area contributed by atoms with E-state index >= 15 is 0 Å². The Labute approximate surface area is 178 Å². The Kier molecular flexibility index (Phi) is 5.82. The lowest BCUT2D eigenvalue weighted by Gasteiger charge is -2.57. The summed E-state index contributed by atoms with van der Waals surface area (Å²) in [7, 11) is 0. The van der Waals surface area contributed by atoms with Gasteiger partial charge in [-0.05, 0) is 91.4 Å². The van der Waals surface area contributed by atoms with E-state index in [1.54, 1.807) is 0 Å². The number of aliphatic hydroxyl groups excluding tert-OH is 1. The van der Waals surface area contributed by atoms with Crippen LogP contribution < -0.4 is 0 Å². The monoisotopic (exact) mass is 400 g/mol. The molecule has 1 N–H and O–H groups in total. The van der Waals surface area contributed by atoms with Crippen LogP contribution in [0.25, 0.3) is 0 Å². The van der Waals surface area contributed by atoms with Gasteiger partial charge in [0.25, 0.3) is 0 Å². The maximum absolute atomic E-state index is 13.4. The topological polar surface area (TPSA) is 37.3 Å². The van der Waals surface area contributed by atoms with Gasteiger partial charge in [-0.2, -0.15) is 0 Å². The minimum Gasteiger partial charge on any atom is -0.393 e. The molecule has 0 spiro atoms. The summed E-state index contributed by atoms with van der Waals surface area (Å²) < 4.78 is 0. The molecular formula is C27H44O2. The number of aliphatic hydroxyl groups is 1. The van der Waals surface area contributed by atoms with E-state index in [1.807, 2.05) is 6.08 Å². The van der Waals surface area contributed by atoms with Gasteiger partial charge in [0.15, 0.2) is 5.78 Å². The highest BCUT2D eigenvalue weighted by Gasteiger charge is 2.61. The molecule has 4 aliphatic rings. The standard InChI is InChI=1S/C27H44O2/c1-17(2)7-6-8-18(3)21-9-10-22-25-23(12-14-27(21,22)5)26(4)13-11-20(28)15-19(26)16-24(25)29/h16-18,20-23,25,28H,6-15H2,1-5H3/t18-,20-,21+,22-,23+,25+,26-,27+/m0/s1. The number of ketones is 1. The Morgan fingerprint density at radius 1 is 1.03 bits per heavy atom. The van der Waals surface area contributed by atoms with Crippen LogP contribution >= 0.6 is 0 Å². The second kappa shape index (κ2) is 7.81. The maximum Gasteiger partial charge on any atom is 0.159 e. The van der Waals surface area contributed by atoms with Crippen LogP contribution in [0.4, 0.5) is 0 Å². The molecule has 0 amide bonds. The maximum atomic E-state index is 13.4. The molecule has 3 fully saturated rings. The van der Waals surface area contributed by atoms with Crippen LogP contribution in [0.15, 0.2) is 11.6 Å². The predicted octanol–water partition coefficient (Wildman–Crippen LogP) is 6.57. The first-order valence-corrected chi connectivity index (χ1v) is 12.6. The summed E-state index contributed by atoms with van der Waals surface area (Å²) in [4.78, 5) is 13.4. The summed E-state index contributed by atoms with van der Waals surface area (Å²) in [5.74, 6) is 4.11.